The number of methoxy groups -OCH3 is 1. The predicted octanol–water partition coefficient (Wildman–Crippen LogP) is 2.21. The zero-order valence-electron chi connectivity index (χ0n) is 12.9. The number of hydrogen-bond acceptors (Lipinski definition) is 5. The minimum atomic E-state index is -1.02. The van der Waals surface area contributed by atoms with Gasteiger partial charge in [0.1, 0.15) is 0 Å². The fourth-order valence-electron chi connectivity index (χ4n) is 2.02. The zero-order chi connectivity index (χ0) is 16.3. The van der Waals surface area contributed by atoms with Crippen LogP contribution in [0.2, 0.25) is 0 Å². The number of aromatic carboxylic acids is 1. The number of nitrogens with zero attached hydrogens (tertiary/aromatic N) is 4. The first kappa shape index (κ1) is 15.7. The first-order chi connectivity index (χ1) is 10.4. The lowest BCUT2D eigenvalue weighted by atomic mass is 10.1. The van der Waals surface area contributed by atoms with Crippen LogP contribution in [0.1, 0.15) is 47.2 Å². The average molecular weight is 302 g/mol. The lowest BCUT2D eigenvalue weighted by molar-refractivity contribution is 0.0694. The van der Waals surface area contributed by atoms with Gasteiger partial charge in [-0.1, -0.05) is 13.8 Å². The quantitative estimate of drug-likeness (QED) is 0.910. The number of rotatable bonds is 5. The molecule has 2 aromatic heterocycles. The van der Waals surface area contributed by atoms with Crippen molar-refractivity contribution in [3.8, 4) is 5.88 Å². The number of carbonyl (C=O) groups is 1. The second kappa shape index (κ2) is 6.38. The van der Waals surface area contributed by atoms with Crippen molar-refractivity contribution in [3.63, 3.8) is 0 Å². The highest BCUT2D eigenvalue weighted by atomic mass is 16.5. The molecule has 0 bridgehead atoms. The molecule has 116 valence electrons. The van der Waals surface area contributed by atoms with Gasteiger partial charge in [-0.05, 0) is 18.1 Å². The number of hydrogen-bond donors (Lipinski definition) is 1. The summed E-state index contributed by atoms with van der Waals surface area (Å²) in [5.41, 5.74) is 1.44. The summed E-state index contributed by atoms with van der Waals surface area (Å²) < 4.78 is 6.81. The molecule has 0 aliphatic rings. The van der Waals surface area contributed by atoms with Crippen molar-refractivity contribution in [2.45, 2.75) is 19.8 Å². The Hall–Kier alpha value is -2.70. The SMILES string of the molecule is COc1nn(C)cc1/C=C/c1ncc(C(=O)O)c(C(C)C)n1. The number of aryl methyl sites for hydroxylation is 1. The summed E-state index contributed by atoms with van der Waals surface area (Å²) in [6, 6.07) is 0. The fourth-order valence-corrected chi connectivity index (χ4v) is 2.02. The molecule has 2 rings (SSSR count). The van der Waals surface area contributed by atoms with Crippen LogP contribution in [0.15, 0.2) is 12.4 Å². The van der Waals surface area contributed by atoms with Gasteiger partial charge in [-0.15, -0.1) is 5.10 Å². The van der Waals surface area contributed by atoms with E-state index >= 15 is 0 Å². The third kappa shape index (κ3) is 3.30. The van der Waals surface area contributed by atoms with Gasteiger partial charge in [-0.25, -0.2) is 14.8 Å². The Balaban J connectivity index is 2.35. The topological polar surface area (TPSA) is 90.1 Å². The summed E-state index contributed by atoms with van der Waals surface area (Å²) in [7, 11) is 3.35. The van der Waals surface area contributed by atoms with Gasteiger partial charge in [0.15, 0.2) is 5.82 Å². The lowest BCUT2D eigenvalue weighted by Gasteiger charge is -2.08. The van der Waals surface area contributed by atoms with Gasteiger partial charge in [0, 0.05) is 19.4 Å². The highest BCUT2D eigenvalue weighted by Crippen LogP contribution is 2.19. The van der Waals surface area contributed by atoms with Crippen LogP contribution in [0.5, 0.6) is 5.88 Å². The molecule has 0 unspecified atom stereocenters. The molecule has 0 aromatic carbocycles. The Morgan fingerprint density at radius 2 is 2.14 bits per heavy atom. The van der Waals surface area contributed by atoms with E-state index in [1.54, 1.807) is 31.0 Å². The first-order valence-corrected chi connectivity index (χ1v) is 6.78. The summed E-state index contributed by atoms with van der Waals surface area (Å²) in [4.78, 5) is 19.6. The van der Waals surface area contributed by atoms with E-state index in [1.807, 2.05) is 20.0 Å². The largest absolute Gasteiger partial charge is 0.480 e. The van der Waals surface area contributed by atoms with Gasteiger partial charge in [0.25, 0.3) is 0 Å². The molecule has 0 radical (unpaired) electrons. The van der Waals surface area contributed by atoms with Crippen LogP contribution >= 0.6 is 0 Å². The number of carboxylic acids is 1. The molecule has 0 saturated carbocycles. The monoisotopic (exact) mass is 302 g/mol. The molecule has 0 saturated heterocycles. The number of ether oxygens (including phenoxy) is 1. The highest BCUT2D eigenvalue weighted by molar-refractivity contribution is 5.88. The maximum atomic E-state index is 11.2. The molecule has 0 spiro atoms. The fraction of sp³-hybridized carbons (Fsp3) is 0.333. The zero-order valence-corrected chi connectivity index (χ0v) is 12.9. The van der Waals surface area contributed by atoms with Crippen molar-refractivity contribution < 1.29 is 14.6 Å². The first-order valence-electron chi connectivity index (χ1n) is 6.78. The van der Waals surface area contributed by atoms with Crippen LogP contribution in [0.3, 0.4) is 0 Å². The third-order valence-corrected chi connectivity index (χ3v) is 3.04. The van der Waals surface area contributed by atoms with E-state index in [0.29, 0.717) is 17.4 Å². The summed E-state index contributed by atoms with van der Waals surface area (Å²) in [5.74, 6) is -0.0769. The van der Waals surface area contributed by atoms with E-state index in [0.717, 1.165) is 5.56 Å². The normalized spacial score (nSPS) is 11.3. The molecular weight excluding hydrogens is 284 g/mol. The molecule has 0 aliphatic carbocycles. The van der Waals surface area contributed by atoms with Crippen LogP contribution in [0.4, 0.5) is 0 Å². The summed E-state index contributed by atoms with van der Waals surface area (Å²) in [6.45, 7) is 3.79. The highest BCUT2D eigenvalue weighted by Gasteiger charge is 2.15. The van der Waals surface area contributed by atoms with Crippen molar-refractivity contribution in [1.82, 2.24) is 19.7 Å². The minimum Gasteiger partial charge on any atom is -0.480 e. The maximum Gasteiger partial charge on any atom is 0.339 e. The molecule has 2 aromatic rings. The van der Waals surface area contributed by atoms with Crippen LogP contribution < -0.4 is 4.74 Å². The predicted molar refractivity (Wildman–Crippen MR) is 81.8 cm³/mol. The Labute approximate surface area is 128 Å². The molecule has 22 heavy (non-hydrogen) atoms. The van der Waals surface area contributed by atoms with Gasteiger partial charge in [-0.2, -0.15) is 0 Å². The van der Waals surface area contributed by atoms with Crippen LogP contribution in [0, 0.1) is 0 Å². The van der Waals surface area contributed by atoms with E-state index in [4.69, 9.17) is 9.84 Å². The second-order valence-electron chi connectivity index (χ2n) is 5.09. The van der Waals surface area contributed by atoms with E-state index in [-0.39, 0.29) is 11.5 Å². The molecule has 7 nitrogen and oxygen atoms in total. The van der Waals surface area contributed by atoms with Crippen molar-refractivity contribution in [3.05, 3.63) is 35.0 Å². The summed E-state index contributed by atoms with van der Waals surface area (Å²) >= 11 is 0. The van der Waals surface area contributed by atoms with Crippen molar-refractivity contribution in [2.75, 3.05) is 7.11 Å². The minimum absolute atomic E-state index is 0.00539. The average Bonchev–Trinajstić information content (AvgIpc) is 2.84. The van der Waals surface area contributed by atoms with E-state index in [1.165, 1.54) is 6.20 Å². The molecule has 0 atom stereocenters. The second-order valence-corrected chi connectivity index (χ2v) is 5.09. The molecule has 7 heteroatoms. The molecule has 0 aliphatic heterocycles. The summed E-state index contributed by atoms with van der Waals surface area (Å²) in [5, 5.41) is 13.3. The molecule has 0 fully saturated rings. The van der Waals surface area contributed by atoms with Gasteiger partial charge in [-0.3, -0.25) is 4.68 Å². The van der Waals surface area contributed by atoms with E-state index < -0.39 is 5.97 Å². The third-order valence-electron chi connectivity index (χ3n) is 3.04. The Morgan fingerprint density at radius 3 is 2.73 bits per heavy atom. The van der Waals surface area contributed by atoms with E-state index in [9.17, 15) is 4.79 Å². The van der Waals surface area contributed by atoms with Gasteiger partial charge >= 0.3 is 5.97 Å². The van der Waals surface area contributed by atoms with Crippen LogP contribution in [-0.2, 0) is 7.05 Å². The van der Waals surface area contributed by atoms with Crippen LogP contribution in [-0.4, -0.2) is 37.9 Å². The standard InChI is InChI=1S/C15H18N4O3/c1-9(2)13-11(15(20)21)7-16-12(17-13)6-5-10-8-19(3)18-14(10)22-4/h5-9H,1-4H3,(H,20,21)/b6-5+. The number of carboxylic acid groups (broad SMARTS) is 1. The smallest absolute Gasteiger partial charge is 0.339 e. The Kier molecular flexibility index (Phi) is 4.55. The lowest BCUT2D eigenvalue weighted by Crippen LogP contribution is -2.08. The molecule has 1 N–H and O–H groups in total. The molecule has 0 amide bonds. The van der Waals surface area contributed by atoms with Gasteiger partial charge in [0.05, 0.1) is 23.9 Å². The van der Waals surface area contributed by atoms with E-state index in [2.05, 4.69) is 15.1 Å². The van der Waals surface area contributed by atoms with Crippen molar-refractivity contribution in [2.24, 2.45) is 7.05 Å². The Bertz CT molecular complexity index is 720. The molecule has 2 heterocycles. The van der Waals surface area contributed by atoms with Crippen molar-refractivity contribution in [1.29, 1.82) is 0 Å². The van der Waals surface area contributed by atoms with Gasteiger partial charge < -0.3 is 9.84 Å². The van der Waals surface area contributed by atoms with Gasteiger partial charge in [0.2, 0.25) is 5.88 Å². The number of aromatic nitrogens is 4. The summed E-state index contributed by atoms with van der Waals surface area (Å²) in [6.07, 6.45) is 6.64. The molecular formula is C15H18N4O3. The Morgan fingerprint density at radius 1 is 1.41 bits per heavy atom. The van der Waals surface area contributed by atoms with Crippen molar-refractivity contribution >= 4 is 18.1 Å². The maximum absolute atomic E-state index is 11.2. The van der Waals surface area contributed by atoms with Crippen LogP contribution in [0.25, 0.3) is 12.2 Å².